The van der Waals surface area contributed by atoms with Crippen LogP contribution in [0.3, 0.4) is 0 Å². The maximum atomic E-state index is 12.7. The van der Waals surface area contributed by atoms with E-state index in [4.69, 9.17) is 14.2 Å². The first-order valence-electron chi connectivity index (χ1n) is 25.1. The highest BCUT2D eigenvalue weighted by Crippen LogP contribution is 2.14. The fourth-order valence-corrected chi connectivity index (χ4v) is 6.69. The van der Waals surface area contributed by atoms with Gasteiger partial charge in [0, 0.05) is 19.4 Å². The number of esters is 2. The summed E-state index contributed by atoms with van der Waals surface area (Å²) in [7, 11) is 0. The molecule has 1 unspecified atom stereocenters. The summed E-state index contributed by atoms with van der Waals surface area (Å²) in [5.74, 6) is -0.504. The summed E-state index contributed by atoms with van der Waals surface area (Å²) in [6.07, 6.45) is 66.0. The highest BCUT2D eigenvalue weighted by Gasteiger charge is 2.17. The third kappa shape index (κ3) is 47.8. The van der Waals surface area contributed by atoms with Gasteiger partial charge in [0.05, 0.1) is 6.61 Å². The molecule has 0 aliphatic carbocycles. The van der Waals surface area contributed by atoms with Crippen LogP contribution in [0.4, 0.5) is 0 Å². The second kappa shape index (κ2) is 50.4. The second-order valence-electron chi connectivity index (χ2n) is 16.3. The minimum absolute atomic E-state index is 0.0405. The van der Waals surface area contributed by atoms with Gasteiger partial charge in [0.25, 0.3) is 0 Å². The molecule has 0 radical (unpaired) electrons. The zero-order valence-electron chi connectivity index (χ0n) is 39.5. The monoisotopic (exact) mass is 835 g/mol. The van der Waals surface area contributed by atoms with Crippen LogP contribution in [0.1, 0.15) is 226 Å². The summed E-state index contributed by atoms with van der Waals surface area (Å²) >= 11 is 0. The van der Waals surface area contributed by atoms with Crippen LogP contribution in [0.2, 0.25) is 0 Å². The molecule has 0 bridgehead atoms. The molecule has 0 aliphatic heterocycles. The lowest BCUT2D eigenvalue weighted by Crippen LogP contribution is -2.30. The van der Waals surface area contributed by atoms with Crippen molar-refractivity contribution in [2.24, 2.45) is 0 Å². The second-order valence-corrected chi connectivity index (χ2v) is 16.3. The smallest absolute Gasteiger partial charge is 0.306 e. The van der Waals surface area contributed by atoms with Crippen LogP contribution in [-0.4, -0.2) is 37.9 Å². The molecule has 0 aromatic heterocycles. The van der Waals surface area contributed by atoms with Crippen molar-refractivity contribution in [3.05, 3.63) is 85.1 Å². The van der Waals surface area contributed by atoms with Crippen molar-refractivity contribution in [2.75, 3.05) is 19.8 Å². The molecule has 0 fully saturated rings. The van der Waals surface area contributed by atoms with Crippen molar-refractivity contribution in [1.29, 1.82) is 0 Å². The van der Waals surface area contributed by atoms with E-state index in [0.717, 1.165) is 77.0 Å². The van der Waals surface area contributed by atoms with E-state index < -0.39 is 6.10 Å². The molecular weight excluding hydrogens is 741 g/mol. The van der Waals surface area contributed by atoms with Gasteiger partial charge in [-0.2, -0.15) is 0 Å². The lowest BCUT2D eigenvalue weighted by atomic mass is 10.0. The van der Waals surface area contributed by atoms with E-state index in [9.17, 15) is 9.59 Å². The molecule has 344 valence electrons. The first-order valence-corrected chi connectivity index (χ1v) is 25.1. The van der Waals surface area contributed by atoms with Crippen molar-refractivity contribution >= 4 is 11.9 Å². The molecule has 5 heteroatoms. The molecule has 5 nitrogen and oxygen atoms in total. The maximum Gasteiger partial charge on any atom is 0.306 e. The summed E-state index contributed by atoms with van der Waals surface area (Å²) in [4.78, 5) is 25.3. The van der Waals surface area contributed by atoms with Crippen LogP contribution in [0.5, 0.6) is 0 Å². The number of carbonyl (C=O) groups is 2. The van der Waals surface area contributed by atoms with E-state index in [1.165, 1.54) is 109 Å². The topological polar surface area (TPSA) is 61.8 Å². The lowest BCUT2D eigenvalue weighted by Gasteiger charge is -2.18. The van der Waals surface area contributed by atoms with Crippen molar-refractivity contribution in [3.63, 3.8) is 0 Å². The van der Waals surface area contributed by atoms with Gasteiger partial charge in [-0.3, -0.25) is 9.59 Å². The SMILES string of the molecule is CC/C=C\C/C=C\C/C=C\C/C=C\C/C=C\C/C=C\CCC(=O)OCC(COCCCCCCCCCCCCCCCC)OC(=O)CCCCCCC/C=C\CCCC. The van der Waals surface area contributed by atoms with E-state index in [1.54, 1.807) is 0 Å². The molecule has 0 N–H and O–H groups in total. The molecule has 0 rings (SSSR count). The van der Waals surface area contributed by atoms with E-state index in [2.05, 4.69) is 99.8 Å². The number of ether oxygens (including phenoxy) is 3. The van der Waals surface area contributed by atoms with Crippen LogP contribution in [0.25, 0.3) is 0 Å². The van der Waals surface area contributed by atoms with Gasteiger partial charge in [-0.1, -0.05) is 221 Å². The van der Waals surface area contributed by atoms with Gasteiger partial charge in [-0.15, -0.1) is 0 Å². The molecule has 0 heterocycles. The molecule has 0 saturated carbocycles. The Balaban J connectivity index is 4.36. The molecular formula is C55H94O5. The molecule has 0 amide bonds. The van der Waals surface area contributed by atoms with Gasteiger partial charge < -0.3 is 14.2 Å². The Morgan fingerprint density at radius 3 is 1.32 bits per heavy atom. The Morgan fingerprint density at radius 2 is 0.800 bits per heavy atom. The van der Waals surface area contributed by atoms with Gasteiger partial charge in [-0.25, -0.2) is 0 Å². The van der Waals surface area contributed by atoms with Crippen LogP contribution < -0.4 is 0 Å². The predicted molar refractivity (Wildman–Crippen MR) is 260 cm³/mol. The normalized spacial score (nSPS) is 12.9. The summed E-state index contributed by atoms with van der Waals surface area (Å²) in [5, 5.41) is 0. The third-order valence-electron chi connectivity index (χ3n) is 10.4. The van der Waals surface area contributed by atoms with E-state index >= 15 is 0 Å². The van der Waals surface area contributed by atoms with Gasteiger partial charge >= 0.3 is 11.9 Å². The highest BCUT2D eigenvalue weighted by molar-refractivity contribution is 5.70. The summed E-state index contributed by atoms with van der Waals surface area (Å²) < 4.78 is 17.3. The molecule has 0 saturated heterocycles. The van der Waals surface area contributed by atoms with Crippen LogP contribution in [0, 0.1) is 0 Å². The number of hydrogen-bond acceptors (Lipinski definition) is 5. The zero-order valence-corrected chi connectivity index (χ0v) is 39.5. The third-order valence-corrected chi connectivity index (χ3v) is 10.4. The van der Waals surface area contributed by atoms with E-state index in [0.29, 0.717) is 25.9 Å². The largest absolute Gasteiger partial charge is 0.462 e. The average molecular weight is 835 g/mol. The zero-order chi connectivity index (χ0) is 43.5. The molecule has 0 aromatic rings. The Hall–Kier alpha value is -2.92. The number of rotatable bonds is 45. The first kappa shape index (κ1) is 57.1. The maximum absolute atomic E-state index is 12.7. The quantitative estimate of drug-likeness (QED) is 0.0347. The standard InChI is InChI=1S/C55H94O5/c1-4-7-10-13-16-19-22-24-26-27-28-29-30-31-34-36-39-42-45-48-54(56)59-52-53(60-55(57)49-46-43-40-37-33-21-18-15-12-9-6-3)51-58-50-47-44-41-38-35-32-25-23-20-17-14-11-8-5-2/h7,10,15-16,18-19,24,26,28-29,31,34,39,42,53H,4-6,8-9,11-14,17,20-23,25,27,30,32-33,35-38,40-41,43-52H2,1-3H3/b10-7-,18-15-,19-16-,26-24-,29-28-,34-31-,42-39-. The highest BCUT2D eigenvalue weighted by atomic mass is 16.6. The summed E-state index contributed by atoms with van der Waals surface area (Å²) in [6.45, 7) is 7.60. The van der Waals surface area contributed by atoms with Crippen molar-refractivity contribution in [1.82, 2.24) is 0 Å². The molecule has 0 spiro atoms. The van der Waals surface area contributed by atoms with Crippen LogP contribution in [-0.2, 0) is 23.8 Å². The van der Waals surface area contributed by atoms with E-state index in [-0.39, 0.29) is 25.2 Å². The molecule has 1 atom stereocenters. The molecule has 0 aromatic carbocycles. The van der Waals surface area contributed by atoms with Crippen molar-refractivity contribution in [2.45, 2.75) is 232 Å². The predicted octanol–water partition coefficient (Wildman–Crippen LogP) is 16.9. The summed E-state index contributed by atoms with van der Waals surface area (Å²) in [5.41, 5.74) is 0. The Bertz CT molecular complexity index is 1130. The first-order chi connectivity index (χ1) is 29.6. The fraction of sp³-hybridized carbons (Fsp3) is 0.709. The number of allylic oxidation sites excluding steroid dienone is 14. The summed E-state index contributed by atoms with van der Waals surface area (Å²) in [6, 6.07) is 0. The Labute approximate surface area is 371 Å². The van der Waals surface area contributed by atoms with Gasteiger partial charge in [0.15, 0.2) is 6.10 Å². The Kier molecular flexibility index (Phi) is 48.0. The number of unbranched alkanes of at least 4 members (excludes halogenated alkanes) is 20. The van der Waals surface area contributed by atoms with Gasteiger partial charge in [-0.05, 0) is 77.0 Å². The number of hydrogen-bond donors (Lipinski definition) is 0. The Morgan fingerprint density at radius 1 is 0.383 bits per heavy atom. The van der Waals surface area contributed by atoms with Crippen LogP contribution >= 0.6 is 0 Å². The molecule has 60 heavy (non-hydrogen) atoms. The number of carbonyl (C=O) groups excluding carboxylic acids is 2. The van der Waals surface area contributed by atoms with E-state index in [1.807, 2.05) is 6.08 Å². The fourth-order valence-electron chi connectivity index (χ4n) is 6.69. The van der Waals surface area contributed by atoms with Gasteiger partial charge in [0.1, 0.15) is 6.61 Å². The van der Waals surface area contributed by atoms with Gasteiger partial charge in [0.2, 0.25) is 0 Å². The van der Waals surface area contributed by atoms with Crippen molar-refractivity contribution in [3.8, 4) is 0 Å². The van der Waals surface area contributed by atoms with Crippen LogP contribution in [0.15, 0.2) is 85.1 Å². The average Bonchev–Trinajstić information content (AvgIpc) is 3.25. The molecule has 0 aliphatic rings. The minimum Gasteiger partial charge on any atom is -0.462 e. The lowest BCUT2D eigenvalue weighted by molar-refractivity contribution is -0.162. The van der Waals surface area contributed by atoms with Crippen molar-refractivity contribution < 1.29 is 23.8 Å². The minimum atomic E-state index is -0.571.